The average Bonchev–Trinajstić information content (AvgIpc) is 2.42. The SMILES string of the molecule is CCN(c1ccc(F)cc1)c1cc(Cl)ccc1CO. The topological polar surface area (TPSA) is 23.5 Å². The monoisotopic (exact) mass is 279 g/mol. The highest BCUT2D eigenvalue weighted by Gasteiger charge is 2.12. The Hall–Kier alpha value is -1.58. The fourth-order valence-corrected chi connectivity index (χ4v) is 2.20. The standard InChI is InChI=1S/C15H15ClFNO/c1-2-18(14-7-5-13(17)6-8-14)15-9-12(16)4-3-11(15)10-19/h3-9,19H,2,10H2,1H3. The maximum atomic E-state index is 13.0. The van der Waals surface area contributed by atoms with Crippen LogP contribution in [-0.4, -0.2) is 11.7 Å². The molecule has 0 bridgehead atoms. The highest BCUT2D eigenvalue weighted by atomic mass is 35.5. The summed E-state index contributed by atoms with van der Waals surface area (Å²) in [5, 5.41) is 10.0. The number of aliphatic hydroxyl groups is 1. The second kappa shape index (κ2) is 6.04. The van der Waals surface area contributed by atoms with Crippen molar-refractivity contribution in [3.05, 3.63) is 58.9 Å². The minimum absolute atomic E-state index is 0.0653. The first-order chi connectivity index (χ1) is 9.15. The van der Waals surface area contributed by atoms with Crippen LogP contribution in [0.1, 0.15) is 12.5 Å². The molecule has 0 aliphatic rings. The molecule has 0 fully saturated rings. The molecule has 0 saturated heterocycles. The quantitative estimate of drug-likeness (QED) is 0.910. The number of hydrogen-bond donors (Lipinski definition) is 1. The maximum absolute atomic E-state index is 13.0. The van der Waals surface area contributed by atoms with Crippen LogP contribution >= 0.6 is 11.6 Å². The van der Waals surface area contributed by atoms with Gasteiger partial charge in [0.05, 0.1) is 6.61 Å². The Kier molecular flexibility index (Phi) is 4.40. The van der Waals surface area contributed by atoms with E-state index in [9.17, 15) is 9.50 Å². The maximum Gasteiger partial charge on any atom is 0.123 e. The molecule has 100 valence electrons. The molecule has 2 aromatic rings. The highest BCUT2D eigenvalue weighted by Crippen LogP contribution is 2.31. The summed E-state index contributed by atoms with van der Waals surface area (Å²) in [5.41, 5.74) is 2.49. The van der Waals surface area contributed by atoms with Crippen LogP contribution in [0.3, 0.4) is 0 Å². The van der Waals surface area contributed by atoms with Crippen molar-refractivity contribution in [3.63, 3.8) is 0 Å². The first-order valence-electron chi connectivity index (χ1n) is 6.08. The van der Waals surface area contributed by atoms with Crippen LogP contribution in [0.2, 0.25) is 5.02 Å². The van der Waals surface area contributed by atoms with E-state index in [1.54, 1.807) is 30.3 Å². The zero-order chi connectivity index (χ0) is 13.8. The zero-order valence-corrected chi connectivity index (χ0v) is 11.4. The van der Waals surface area contributed by atoms with Crippen LogP contribution in [0.25, 0.3) is 0 Å². The van der Waals surface area contributed by atoms with E-state index >= 15 is 0 Å². The van der Waals surface area contributed by atoms with Gasteiger partial charge in [-0.15, -0.1) is 0 Å². The molecule has 2 nitrogen and oxygen atoms in total. The number of halogens is 2. The molecule has 0 aliphatic carbocycles. The molecule has 0 radical (unpaired) electrons. The first kappa shape index (κ1) is 13.8. The van der Waals surface area contributed by atoms with E-state index in [0.29, 0.717) is 11.6 Å². The lowest BCUT2D eigenvalue weighted by Gasteiger charge is -2.25. The molecule has 2 aromatic carbocycles. The van der Waals surface area contributed by atoms with Gasteiger partial charge in [0.1, 0.15) is 5.82 Å². The third kappa shape index (κ3) is 3.06. The lowest BCUT2D eigenvalue weighted by Crippen LogP contribution is -2.17. The fraction of sp³-hybridized carbons (Fsp3) is 0.200. The summed E-state index contributed by atoms with van der Waals surface area (Å²) in [6.45, 7) is 2.62. The third-order valence-corrected chi connectivity index (χ3v) is 3.20. The normalized spacial score (nSPS) is 10.5. The van der Waals surface area contributed by atoms with Gasteiger partial charge in [-0.1, -0.05) is 17.7 Å². The van der Waals surface area contributed by atoms with Crippen molar-refractivity contribution in [1.82, 2.24) is 0 Å². The molecule has 2 rings (SSSR count). The zero-order valence-electron chi connectivity index (χ0n) is 10.6. The largest absolute Gasteiger partial charge is 0.392 e. The minimum atomic E-state index is -0.270. The summed E-state index contributed by atoms with van der Waals surface area (Å²) < 4.78 is 13.0. The van der Waals surface area contributed by atoms with Crippen molar-refractivity contribution in [2.45, 2.75) is 13.5 Å². The Morgan fingerprint density at radius 2 is 1.84 bits per heavy atom. The van der Waals surface area contributed by atoms with Crippen molar-refractivity contribution >= 4 is 23.0 Å². The summed E-state index contributed by atoms with van der Waals surface area (Å²) in [4.78, 5) is 1.98. The van der Waals surface area contributed by atoms with E-state index in [1.165, 1.54) is 12.1 Å². The van der Waals surface area contributed by atoms with E-state index in [1.807, 2.05) is 11.8 Å². The van der Waals surface area contributed by atoms with Crippen molar-refractivity contribution in [3.8, 4) is 0 Å². The van der Waals surface area contributed by atoms with Crippen LogP contribution in [0, 0.1) is 5.82 Å². The van der Waals surface area contributed by atoms with Gasteiger partial charge in [-0.25, -0.2) is 4.39 Å². The molecule has 0 heterocycles. The lowest BCUT2D eigenvalue weighted by atomic mass is 10.1. The van der Waals surface area contributed by atoms with Gasteiger partial charge < -0.3 is 10.0 Å². The van der Waals surface area contributed by atoms with Gasteiger partial charge in [-0.3, -0.25) is 0 Å². The summed E-state index contributed by atoms with van der Waals surface area (Å²) >= 11 is 6.02. The second-order valence-electron chi connectivity index (χ2n) is 4.15. The van der Waals surface area contributed by atoms with Gasteiger partial charge in [-0.2, -0.15) is 0 Å². The Balaban J connectivity index is 2.47. The van der Waals surface area contributed by atoms with Crippen molar-refractivity contribution in [2.24, 2.45) is 0 Å². The molecule has 0 amide bonds. The lowest BCUT2D eigenvalue weighted by molar-refractivity contribution is 0.282. The van der Waals surface area contributed by atoms with Gasteiger partial charge >= 0.3 is 0 Å². The number of hydrogen-bond acceptors (Lipinski definition) is 2. The van der Waals surface area contributed by atoms with Crippen LogP contribution in [0.4, 0.5) is 15.8 Å². The van der Waals surface area contributed by atoms with Gasteiger partial charge in [0.15, 0.2) is 0 Å². The van der Waals surface area contributed by atoms with E-state index < -0.39 is 0 Å². The molecule has 0 atom stereocenters. The molecule has 1 N–H and O–H groups in total. The number of aliphatic hydroxyl groups excluding tert-OH is 1. The molecule has 0 aromatic heterocycles. The van der Waals surface area contributed by atoms with Crippen LogP contribution < -0.4 is 4.90 Å². The minimum Gasteiger partial charge on any atom is -0.392 e. The Morgan fingerprint density at radius 3 is 2.42 bits per heavy atom. The van der Waals surface area contributed by atoms with E-state index in [0.717, 1.165) is 16.9 Å². The number of nitrogens with zero attached hydrogens (tertiary/aromatic N) is 1. The smallest absolute Gasteiger partial charge is 0.123 e. The van der Waals surface area contributed by atoms with Crippen molar-refractivity contribution < 1.29 is 9.50 Å². The molecule has 0 spiro atoms. The fourth-order valence-electron chi connectivity index (χ4n) is 2.04. The van der Waals surface area contributed by atoms with Gasteiger partial charge in [0.25, 0.3) is 0 Å². The number of anilines is 2. The van der Waals surface area contributed by atoms with Gasteiger partial charge in [0.2, 0.25) is 0 Å². The van der Waals surface area contributed by atoms with E-state index in [4.69, 9.17) is 11.6 Å². The molecular formula is C15H15ClFNO. The van der Waals surface area contributed by atoms with E-state index in [-0.39, 0.29) is 12.4 Å². The molecule has 19 heavy (non-hydrogen) atoms. The third-order valence-electron chi connectivity index (χ3n) is 2.96. The first-order valence-corrected chi connectivity index (χ1v) is 6.46. The molecular weight excluding hydrogens is 265 g/mol. The summed E-state index contributed by atoms with van der Waals surface area (Å²) in [6.07, 6.45) is 0. The number of benzene rings is 2. The summed E-state index contributed by atoms with van der Waals surface area (Å²) in [7, 11) is 0. The Labute approximate surface area is 117 Å². The predicted molar refractivity (Wildman–Crippen MR) is 76.5 cm³/mol. The predicted octanol–water partition coefficient (Wildman–Crippen LogP) is 4.13. The van der Waals surface area contributed by atoms with E-state index in [2.05, 4.69) is 0 Å². The highest BCUT2D eigenvalue weighted by molar-refractivity contribution is 6.30. The number of rotatable bonds is 4. The average molecular weight is 280 g/mol. The van der Waals surface area contributed by atoms with Gasteiger partial charge in [-0.05, 0) is 43.3 Å². The molecule has 0 aliphatic heterocycles. The van der Waals surface area contributed by atoms with Crippen LogP contribution in [0.15, 0.2) is 42.5 Å². The second-order valence-corrected chi connectivity index (χ2v) is 4.59. The summed E-state index contributed by atoms with van der Waals surface area (Å²) in [5.74, 6) is -0.270. The molecule has 4 heteroatoms. The van der Waals surface area contributed by atoms with Crippen LogP contribution in [0.5, 0.6) is 0 Å². The Bertz CT molecular complexity index is 557. The van der Waals surface area contributed by atoms with Crippen molar-refractivity contribution in [1.29, 1.82) is 0 Å². The van der Waals surface area contributed by atoms with Gasteiger partial charge in [0, 0.05) is 28.5 Å². The molecule has 0 unspecified atom stereocenters. The Morgan fingerprint density at radius 1 is 1.16 bits per heavy atom. The summed E-state index contributed by atoms with van der Waals surface area (Å²) in [6, 6.07) is 11.6. The van der Waals surface area contributed by atoms with Crippen LogP contribution in [-0.2, 0) is 6.61 Å². The molecule has 0 saturated carbocycles. The van der Waals surface area contributed by atoms with Crippen molar-refractivity contribution in [2.75, 3.05) is 11.4 Å².